The molecule has 1 aromatic rings. The lowest BCUT2D eigenvalue weighted by atomic mass is 9.84. The third-order valence-electron chi connectivity index (χ3n) is 4.92. The number of carboxylic acid groups (broad SMARTS) is 1. The molecule has 130 valence electrons. The lowest BCUT2D eigenvalue weighted by molar-refractivity contribution is -0.166. The molecule has 0 bridgehead atoms. The first kappa shape index (κ1) is 16.5. The lowest BCUT2D eigenvalue weighted by Crippen LogP contribution is -2.57. The van der Waals surface area contributed by atoms with Crippen LogP contribution >= 0.6 is 0 Å². The minimum atomic E-state index is -3.79. The zero-order valence-corrected chi connectivity index (χ0v) is 13.0. The normalized spacial score (nSPS) is 20.4. The van der Waals surface area contributed by atoms with Gasteiger partial charge in [0.05, 0.1) is 0 Å². The molecule has 2 fully saturated rings. The molecule has 2 saturated heterocycles. The summed E-state index contributed by atoms with van der Waals surface area (Å²) in [5, 5.41) is 9.03. The Bertz CT molecular complexity index is 633. The van der Waals surface area contributed by atoms with Gasteiger partial charge in [-0.2, -0.15) is 8.78 Å². The molecule has 2 amide bonds. The first-order valence-electron chi connectivity index (χ1n) is 7.82. The van der Waals surface area contributed by atoms with Crippen molar-refractivity contribution >= 4 is 12.0 Å². The number of rotatable bonds is 2. The van der Waals surface area contributed by atoms with E-state index in [0.29, 0.717) is 25.7 Å². The SMILES string of the molecule is O=C(O)N1CCC2(CCCN2C(=O)C(F)(F)c2ncccn2)CC1. The van der Waals surface area contributed by atoms with Gasteiger partial charge in [0.1, 0.15) is 0 Å². The molecule has 3 rings (SSSR count). The molecule has 7 nitrogen and oxygen atoms in total. The molecule has 2 aliphatic rings. The Hall–Kier alpha value is -2.32. The Labute approximate surface area is 137 Å². The van der Waals surface area contributed by atoms with Crippen molar-refractivity contribution in [3.05, 3.63) is 24.3 Å². The highest BCUT2D eigenvalue weighted by atomic mass is 19.3. The smallest absolute Gasteiger partial charge is 0.407 e. The van der Waals surface area contributed by atoms with Crippen molar-refractivity contribution < 1.29 is 23.5 Å². The van der Waals surface area contributed by atoms with Crippen LogP contribution in [0.1, 0.15) is 31.5 Å². The zero-order valence-electron chi connectivity index (χ0n) is 13.0. The molecule has 1 spiro atoms. The number of hydrogen-bond donors (Lipinski definition) is 1. The van der Waals surface area contributed by atoms with E-state index in [9.17, 15) is 18.4 Å². The first-order valence-corrected chi connectivity index (χ1v) is 7.82. The summed E-state index contributed by atoms with van der Waals surface area (Å²) in [4.78, 5) is 33.1. The van der Waals surface area contributed by atoms with Crippen molar-refractivity contribution in [3.63, 3.8) is 0 Å². The van der Waals surface area contributed by atoms with Crippen molar-refractivity contribution in [1.82, 2.24) is 19.8 Å². The topological polar surface area (TPSA) is 86.6 Å². The lowest BCUT2D eigenvalue weighted by Gasteiger charge is -2.44. The quantitative estimate of drug-likeness (QED) is 0.885. The number of piperidine rings is 1. The Morgan fingerprint density at radius 3 is 2.33 bits per heavy atom. The molecule has 0 saturated carbocycles. The molecule has 24 heavy (non-hydrogen) atoms. The predicted molar refractivity (Wildman–Crippen MR) is 78.4 cm³/mol. The van der Waals surface area contributed by atoms with E-state index in [1.807, 2.05) is 0 Å². The van der Waals surface area contributed by atoms with E-state index in [0.717, 1.165) is 0 Å². The van der Waals surface area contributed by atoms with Crippen molar-refractivity contribution in [1.29, 1.82) is 0 Å². The molecule has 2 aliphatic heterocycles. The van der Waals surface area contributed by atoms with Gasteiger partial charge in [0.25, 0.3) is 0 Å². The van der Waals surface area contributed by atoms with Gasteiger partial charge in [0.2, 0.25) is 5.82 Å². The minimum absolute atomic E-state index is 0.243. The van der Waals surface area contributed by atoms with Crippen LogP contribution in [0.25, 0.3) is 0 Å². The van der Waals surface area contributed by atoms with E-state index in [1.54, 1.807) is 0 Å². The number of hydrogen-bond acceptors (Lipinski definition) is 4. The highest BCUT2D eigenvalue weighted by Gasteiger charge is 2.54. The van der Waals surface area contributed by atoms with E-state index >= 15 is 0 Å². The Morgan fingerprint density at radius 2 is 1.75 bits per heavy atom. The molecular weight excluding hydrogens is 322 g/mol. The number of amides is 2. The van der Waals surface area contributed by atoms with Crippen LogP contribution in [-0.4, -0.2) is 62.0 Å². The predicted octanol–water partition coefficient (Wildman–Crippen LogP) is 1.70. The van der Waals surface area contributed by atoms with Gasteiger partial charge in [-0.3, -0.25) is 4.79 Å². The maximum Gasteiger partial charge on any atom is 0.407 e. The van der Waals surface area contributed by atoms with Crippen molar-refractivity contribution in [2.24, 2.45) is 0 Å². The number of nitrogens with zero attached hydrogens (tertiary/aromatic N) is 4. The average molecular weight is 340 g/mol. The zero-order chi connectivity index (χ0) is 17.4. The molecule has 0 aliphatic carbocycles. The molecular formula is C15H18F2N4O3. The van der Waals surface area contributed by atoms with Crippen molar-refractivity contribution in [2.75, 3.05) is 19.6 Å². The molecule has 0 unspecified atom stereocenters. The van der Waals surface area contributed by atoms with E-state index in [4.69, 9.17) is 5.11 Å². The van der Waals surface area contributed by atoms with Gasteiger partial charge in [0, 0.05) is 37.6 Å². The van der Waals surface area contributed by atoms with Crippen LogP contribution < -0.4 is 0 Å². The fourth-order valence-corrected chi connectivity index (χ4v) is 3.62. The molecule has 1 N–H and O–H groups in total. The first-order chi connectivity index (χ1) is 11.4. The maximum absolute atomic E-state index is 14.5. The Morgan fingerprint density at radius 1 is 1.12 bits per heavy atom. The second kappa shape index (κ2) is 5.95. The number of carbonyl (C=O) groups is 2. The van der Waals surface area contributed by atoms with Gasteiger partial charge < -0.3 is 14.9 Å². The van der Waals surface area contributed by atoms with E-state index in [1.165, 1.54) is 28.3 Å². The van der Waals surface area contributed by atoms with Crippen molar-refractivity contribution in [2.45, 2.75) is 37.1 Å². The second-order valence-electron chi connectivity index (χ2n) is 6.20. The third-order valence-corrected chi connectivity index (χ3v) is 4.92. The average Bonchev–Trinajstić information content (AvgIpc) is 2.98. The summed E-state index contributed by atoms with van der Waals surface area (Å²) in [6.07, 6.45) is 3.31. The van der Waals surface area contributed by atoms with Gasteiger partial charge in [-0.1, -0.05) is 0 Å². The summed E-state index contributed by atoms with van der Waals surface area (Å²) in [5.41, 5.74) is -0.693. The highest BCUT2D eigenvalue weighted by Crippen LogP contribution is 2.41. The van der Waals surface area contributed by atoms with Gasteiger partial charge in [-0.05, 0) is 31.7 Å². The highest BCUT2D eigenvalue weighted by molar-refractivity contribution is 5.85. The third kappa shape index (κ3) is 2.67. The summed E-state index contributed by atoms with van der Waals surface area (Å²) in [7, 11) is 0. The molecule has 0 atom stereocenters. The number of aromatic nitrogens is 2. The molecule has 1 aromatic heterocycles. The van der Waals surface area contributed by atoms with Crippen LogP contribution in [0.5, 0.6) is 0 Å². The standard InChI is InChI=1S/C15H18F2N4O3/c16-15(17,11-18-6-2-7-19-11)12(22)21-8-1-3-14(21)4-9-20(10-5-14)13(23)24/h2,6-7H,1,3-5,8-10H2,(H,23,24). The Balaban J connectivity index is 1.81. The van der Waals surface area contributed by atoms with Crippen LogP contribution in [0.4, 0.5) is 13.6 Å². The maximum atomic E-state index is 14.5. The number of alkyl halides is 2. The summed E-state index contributed by atoms with van der Waals surface area (Å²) in [6, 6.07) is 1.41. The monoisotopic (exact) mass is 340 g/mol. The van der Waals surface area contributed by atoms with Gasteiger partial charge in [-0.15, -0.1) is 0 Å². The van der Waals surface area contributed by atoms with E-state index < -0.39 is 29.3 Å². The summed E-state index contributed by atoms with van der Waals surface area (Å²) >= 11 is 0. The number of carbonyl (C=O) groups excluding carboxylic acids is 1. The van der Waals surface area contributed by atoms with Crippen molar-refractivity contribution in [3.8, 4) is 0 Å². The largest absolute Gasteiger partial charge is 0.465 e. The fraction of sp³-hybridized carbons (Fsp3) is 0.600. The molecule has 9 heteroatoms. The fourth-order valence-electron chi connectivity index (χ4n) is 3.62. The van der Waals surface area contributed by atoms with Gasteiger partial charge in [0.15, 0.2) is 0 Å². The summed E-state index contributed by atoms with van der Waals surface area (Å²) in [5.74, 6) is -5.89. The number of likely N-dealkylation sites (tertiary alicyclic amines) is 2. The summed E-state index contributed by atoms with van der Waals surface area (Å²) in [6.45, 7) is 0.730. The van der Waals surface area contributed by atoms with Gasteiger partial charge >= 0.3 is 17.9 Å². The van der Waals surface area contributed by atoms with E-state index in [2.05, 4.69) is 9.97 Å². The van der Waals surface area contributed by atoms with Crippen LogP contribution in [0.15, 0.2) is 18.5 Å². The molecule has 0 radical (unpaired) electrons. The van der Waals surface area contributed by atoms with Crippen LogP contribution in [0, 0.1) is 0 Å². The van der Waals surface area contributed by atoms with Crippen LogP contribution in [0.3, 0.4) is 0 Å². The molecule has 3 heterocycles. The van der Waals surface area contributed by atoms with Gasteiger partial charge in [-0.25, -0.2) is 14.8 Å². The number of halogens is 2. The van der Waals surface area contributed by atoms with Crippen LogP contribution in [0.2, 0.25) is 0 Å². The summed E-state index contributed by atoms with van der Waals surface area (Å²) < 4.78 is 29.0. The van der Waals surface area contributed by atoms with E-state index in [-0.39, 0.29) is 19.6 Å². The Kier molecular flexibility index (Phi) is 4.10. The molecule has 0 aromatic carbocycles. The minimum Gasteiger partial charge on any atom is -0.465 e. The second-order valence-corrected chi connectivity index (χ2v) is 6.20. The van der Waals surface area contributed by atoms with Crippen LogP contribution in [-0.2, 0) is 10.7 Å².